The number of carbonyl (C=O) groups excluding carboxylic acids is 1. The van der Waals surface area contributed by atoms with Crippen LogP contribution in [0.15, 0.2) is 35.4 Å². The molecule has 2 N–H and O–H groups in total. The summed E-state index contributed by atoms with van der Waals surface area (Å²) in [7, 11) is 1.51. The zero-order valence-corrected chi connectivity index (χ0v) is 14.3. The first-order valence-corrected chi connectivity index (χ1v) is 7.85. The molecule has 24 heavy (non-hydrogen) atoms. The van der Waals surface area contributed by atoms with E-state index in [1.165, 1.54) is 24.1 Å². The highest BCUT2D eigenvalue weighted by atomic mass is 35.5. The number of hydrogen-bond donors (Lipinski definition) is 2. The Morgan fingerprint density at radius 3 is 2.83 bits per heavy atom. The Morgan fingerprint density at radius 1 is 1.38 bits per heavy atom. The van der Waals surface area contributed by atoms with Crippen LogP contribution in [-0.4, -0.2) is 29.2 Å². The van der Waals surface area contributed by atoms with Gasteiger partial charge in [0, 0.05) is 29.9 Å². The maximum absolute atomic E-state index is 11.9. The number of rotatable bonds is 6. The highest BCUT2D eigenvalue weighted by Gasteiger charge is 2.08. The molecule has 0 saturated heterocycles. The Balaban J connectivity index is 1.90. The summed E-state index contributed by atoms with van der Waals surface area (Å²) < 4.78 is 6.60. The van der Waals surface area contributed by atoms with Crippen LogP contribution in [0.5, 0.6) is 5.75 Å². The van der Waals surface area contributed by atoms with Gasteiger partial charge >= 0.3 is 6.03 Å². The largest absolute Gasteiger partial charge is 0.495 e. The molecule has 7 nitrogen and oxygen atoms in total. The normalized spacial score (nSPS) is 10.3. The molecule has 0 aliphatic heterocycles. The second kappa shape index (κ2) is 8.35. The summed E-state index contributed by atoms with van der Waals surface area (Å²) in [6.07, 6.45) is 2.19. The van der Waals surface area contributed by atoms with Crippen LogP contribution in [0.4, 0.5) is 10.5 Å². The minimum absolute atomic E-state index is 0.138. The third-order valence-electron chi connectivity index (χ3n) is 3.35. The van der Waals surface area contributed by atoms with Crippen molar-refractivity contribution < 1.29 is 9.53 Å². The van der Waals surface area contributed by atoms with Crippen molar-refractivity contribution in [1.29, 1.82) is 0 Å². The fourth-order valence-corrected chi connectivity index (χ4v) is 2.23. The van der Waals surface area contributed by atoms with E-state index in [4.69, 9.17) is 16.3 Å². The van der Waals surface area contributed by atoms with Crippen LogP contribution in [0.25, 0.3) is 0 Å². The monoisotopic (exact) mass is 350 g/mol. The van der Waals surface area contributed by atoms with Crippen molar-refractivity contribution in [2.75, 3.05) is 19.0 Å². The maximum atomic E-state index is 11.9. The number of ether oxygens (including phenoxy) is 1. The van der Waals surface area contributed by atoms with E-state index < -0.39 is 6.03 Å². The fourth-order valence-electron chi connectivity index (χ4n) is 2.06. The molecule has 0 aliphatic carbocycles. The van der Waals surface area contributed by atoms with Crippen LogP contribution < -0.4 is 20.9 Å². The fraction of sp³-hybridized carbons (Fsp3) is 0.312. The molecular weight excluding hydrogens is 332 g/mol. The number of halogens is 1. The van der Waals surface area contributed by atoms with E-state index in [2.05, 4.69) is 15.6 Å². The average Bonchev–Trinajstić information content (AvgIpc) is 2.56. The minimum atomic E-state index is -0.415. The van der Waals surface area contributed by atoms with Crippen molar-refractivity contribution in [3.8, 4) is 5.75 Å². The van der Waals surface area contributed by atoms with Gasteiger partial charge in [-0.3, -0.25) is 9.36 Å². The van der Waals surface area contributed by atoms with Gasteiger partial charge in [0.25, 0.3) is 5.56 Å². The summed E-state index contributed by atoms with van der Waals surface area (Å²) >= 11 is 5.91. The van der Waals surface area contributed by atoms with Crippen molar-refractivity contribution in [3.63, 3.8) is 0 Å². The Bertz CT molecular complexity index is 776. The predicted octanol–water partition coefficient (Wildman–Crippen LogP) is 2.29. The molecule has 1 aromatic carbocycles. The summed E-state index contributed by atoms with van der Waals surface area (Å²) in [6, 6.07) is 6.01. The number of anilines is 1. The molecule has 128 valence electrons. The molecule has 0 fully saturated rings. The number of carbonyl (C=O) groups is 1. The third kappa shape index (κ3) is 4.73. The molecule has 2 aromatic rings. The van der Waals surface area contributed by atoms with Gasteiger partial charge in [0.1, 0.15) is 5.75 Å². The number of nitrogens with zero attached hydrogens (tertiary/aromatic N) is 2. The van der Waals surface area contributed by atoms with Gasteiger partial charge in [0.2, 0.25) is 0 Å². The second-order valence-electron chi connectivity index (χ2n) is 4.99. The number of nitrogens with one attached hydrogen (secondary N) is 2. The molecule has 0 bridgehead atoms. The van der Waals surface area contributed by atoms with E-state index in [0.717, 1.165) is 5.69 Å². The van der Waals surface area contributed by atoms with E-state index in [1.54, 1.807) is 18.2 Å². The van der Waals surface area contributed by atoms with Gasteiger partial charge < -0.3 is 15.4 Å². The Morgan fingerprint density at radius 2 is 2.17 bits per heavy atom. The van der Waals surface area contributed by atoms with Crippen molar-refractivity contribution in [2.45, 2.75) is 19.9 Å². The summed E-state index contributed by atoms with van der Waals surface area (Å²) in [5.41, 5.74) is 1.07. The zero-order chi connectivity index (χ0) is 17.5. The van der Waals surface area contributed by atoms with Crippen molar-refractivity contribution in [1.82, 2.24) is 14.9 Å². The van der Waals surface area contributed by atoms with Gasteiger partial charge in [-0.15, -0.1) is 0 Å². The van der Waals surface area contributed by atoms with Gasteiger partial charge in [-0.05, 0) is 24.6 Å². The lowest BCUT2D eigenvalue weighted by molar-refractivity contribution is 0.251. The summed E-state index contributed by atoms with van der Waals surface area (Å²) in [4.78, 5) is 28.0. The van der Waals surface area contributed by atoms with E-state index in [-0.39, 0.29) is 12.1 Å². The molecule has 0 radical (unpaired) electrons. The van der Waals surface area contributed by atoms with Crippen LogP contribution >= 0.6 is 11.6 Å². The van der Waals surface area contributed by atoms with Crippen LogP contribution in [-0.2, 0) is 13.0 Å². The molecule has 8 heteroatoms. The Labute approximate surface area is 144 Å². The molecule has 1 heterocycles. The first-order chi connectivity index (χ1) is 11.5. The van der Waals surface area contributed by atoms with Crippen LogP contribution in [0.2, 0.25) is 5.02 Å². The van der Waals surface area contributed by atoms with Gasteiger partial charge in [-0.1, -0.05) is 18.5 Å². The van der Waals surface area contributed by atoms with E-state index in [9.17, 15) is 9.59 Å². The van der Waals surface area contributed by atoms with Crippen LogP contribution in [0.1, 0.15) is 12.6 Å². The second-order valence-corrected chi connectivity index (χ2v) is 5.43. The van der Waals surface area contributed by atoms with Crippen molar-refractivity contribution in [2.24, 2.45) is 0 Å². The third-order valence-corrected chi connectivity index (χ3v) is 3.58. The maximum Gasteiger partial charge on any atom is 0.319 e. The number of urea groups is 1. The summed E-state index contributed by atoms with van der Waals surface area (Å²) in [6.45, 7) is 2.54. The smallest absolute Gasteiger partial charge is 0.319 e. The predicted molar refractivity (Wildman–Crippen MR) is 92.9 cm³/mol. The van der Waals surface area contributed by atoms with Gasteiger partial charge in [0.15, 0.2) is 0 Å². The molecule has 2 amide bonds. The Kier molecular flexibility index (Phi) is 6.20. The summed E-state index contributed by atoms with van der Waals surface area (Å²) in [5.74, 6) is 0.505. The summed E-state index contributed by atoms with van der Waals surface area (Å²) in [5, 5.41) is 5.81. The molecule has 0 aliphatic rings. The van der Waals surface area contributed by atoms with Gasteiger partial charge in [0.05, 0.1) is 19.1 Å². The molecule has 0 spiro atoms. The number of benzene rings is 1. The van der Waals surface area contributed by atoms with E-state index in [0.29, 0.717) is 29.4 Å². The Hall–Kier alpha value is -2.54. The van der Waals surface area contributed by atoms with E-state index >= 15 is 0 Å². The molecule has 0 unspecified atom stereocenters. The molecule has 0 atom stereocenters. The topological polar surface area (TPSA) is 85.2 Å². The molecular formula is C16H19ClN4O3. The van der Waals surface area contributed by atoms with Crippen molar-refractivity contribution >= 4 is 23.3 Å². The van der Waals surface area contributed by atoms with Gasteiger partial charge in [-0.2, -0.15) is 0 Å². The minimum Gasteiger partial charge on any atom is -0.495 e. The standard InChI is InChI=1S/C16H19ClN4O3/c1-3-12-9-15(22)21(10-19-12)7-6-18-16(23)20-13-8-11(17)4-5-14(13)24-2/h4-5,8-10H,3,6-7H2,1-2H3,(H2,18,20,23). The molecule has 2 rings (SSSR count). The van der Waals surface area contributed by atoms with Crippen LogP contribution in [0, 0.1) is 0 Å². The number of methoxy groups -OCH3 is 1. The SMILES string of the molecule is CCc1cc(=O)n(CCNC(=O)Nc2cc(Cl)ccc2OC)cn1. The number of aromatic nitrogens is 2. The lowest BCUT2D eigenvalue weighted by atomic mass is 10.3. The number of hydrogen-bond acceptors (Lipinski definition) is 4. The highest BCUT2D eigenvalue weighted by molar-refractivity contribution is 6.31. The van der Waals surface area contributed by atoms with Crippen molar-refractivity contribution in [3.05, 3.63) is 51.7 Å². The number of aryl methyl sites for hydroxylation is 1. The first-order valence-electron chi connectivity index (χ1n) is 7.47. The quantitative estimate of drug-likeness (QED) is 0.837. The zero-order valence-electron chi connectivity index (χ0n) is 13.5. The number of amides is 2. The average molecular weight is 351 g/mol. The first kappa shape index (κ1) is 17.8. The lowest BCUT2D eigenvalue weighted by Crippen LogP contribution is -2.33. The molecule has 0 saturated carbocycles. The van der Waals surface area contributed by atoms with Gasteiger partial charge in [-0.25, -0.2) is 9.78 Å². The lowest BCUT2D eigenvalue weighted by Gasteiger charge is -2.12. The molecule has 1 aromatic heterocycles. The highest BCUT2D eigenvalue weighted by Crippen LogP contribution is 2.27. The van der Waals surface area contributed by atoms with E-state index in [1.807, 2.05) is 6.92 Å². The van der Waals surface area contributed by atoms with Crippen LogP contribution in [0.3, 0.4) is 0 Å².